The molecule has 114 valence electrons. The molecule has 20 heavy (non-hydrogen) atoms. The van der Waals surface area contributed by atoms with Crippen LogP contribution in [0.1, 0.15) is 67.2 Å². The van der Waals surface area contributed by atoms with Crippen LogP contribution in [0.3, 0.4) is 0 Å². The number of allylic oxidation sites excluding steroid dienone is 3. The van der Waals surface area contributed by atoms with Crippen LogP contribution in [-0.2, 0) is 0 Å². The van der Waals surface area contributed by atoms with Crippen molar-refractivity contribution in [2.75, 3.05) is 0 Å². The first kappa shape index (κ1) is 17.2. The van der Waals surface area contributed by atoms with E-state index in [1.54, 1.807) is 0 Å². The molecule has 0 saturated carbocycles. The first-order valence-corrected chi connectivity index (χ1v) is 8.36. The van der Waals surface area contributed by atoms with Gasteiger partial charge in [0.2, 0.25) is 0 Å². The molecule has 0 spiro atoms. The molecule has 0 saturated heterocycles. The second-order valence-electron chi connectivity index (χ2n) is 7.00. The first-order valence-electron chi connectivity index (χ1n) is 8.36. The van der Waals surface area contributed by atoms with Crippen molar-refractivity contribution in [2.24, 2.45) is 28.2 Å². The zero-order valence-electron chi connectivity index (χ0n) is 14.3. The Balaban J connectivity index is 2.92. The van der Waals surface area contributed by atoms with Crippen LogP contribution in [0.15, 0.2) is 28.9 Å². The summed E-state index contributed by atoms with van der Waals surface area (Å²) < 4.78 is 0. The lowest BCUT2D eigenvalue weighted by Crippen LogP contribution is -2.28. The molecule has 3 unspecified atom stereocenters. The fourth-order valence-corrected chi connectivity index (χ4v) is 2.91. The fourth-order valence-electron chi connectivity index (χ4n) is 2.91. The molecule has 3 atom stereocenters. The standard InChI is InChI=1S/C19H33N/c1-7-9-18(12-16(5)8-2)19(6)11-10-17(15(3)4)13-20-14-19/h10-11,13-16,18H,7-9,12H2,1-6H3. The maximum Gasteiger partial charge on any atom is 0.0298 e. The molecular weight excluding hydrogens is 242 g/mol. The molecule has 0 N–H and O–H groups in total. The molecule has 1 heterocycles. The fraction of sp³-hybridized carbons (Fsp3) is 0.737. The zero-order valence-corrected chi connectivity index (χ0v) is 14.3. The normalized spacial score (nSPS) is 25.4. The van der Waals surface area contributed by atoms with E-state index in [9.17, 15) is 0 Å². The highest BCUT2D eigenvalue weighted by atomic mass is 14.7. The number of hydrogen-bond donors (Lipinski definition) is 0. The van der Waals surface area contributed by atoms with Crippen LogP contribution in [0.4, 0.5) is 0 Å². The third kappa shape index (κ3) is 4.61. The van der Waals surface area contributed by atoms with Crippen LogP contribution in [0.25, 0.3) is 0 Å². The van der Waals surface area contributed by atoms with E-state index >= 15 is 0 Å². The third-order valence-corrected chi connectivity index (χ3v) is 4.78. The Labute approximate surface area is 126 Å². The Kier molecular flexibility index (Phi) is 6.71. The lowest BCUT2D eigenvalue weighted by atomic mass is 9.71. The smallest absolute Gasteiger partial charge is 0.0298 e. The van der Waals surface area contributed by atoms with Gasteiger partial charge in [-0.05, 0) is 36.2 Å². The van der Waals surface area contributed by atoms with E-state index in [-0.39, 0.29) is 5.41 Å². The van der Waals surface area contributed by atoms with E-state index in [0.29, 0.717) is 11.8 Å². The molecule has 1 aliphatic heterocycles. The Morgan fingerprint density at radius 1 is 1.20 bits per heavy atom. The van der Waals surface area contributed by atoms with E-state index in [0.717, 1.165) is 5.92 Å². The molecule has 0 amide bonds. The minimum Gasteiger partial charge on any atom is -0.268 e. The van der Waals surface area contributed by atoms with Gasteiger partial charge >= 0.3 is 0 Å². The van der Waals surface area contributed by atoms with Crippen molar-refractivity contribution < 1.29 is 0 Å². The molecule has 1 aliphatic rings. The van der Waals surface area contributed by atoms with Gasteiger partial charge in [-0.3, -0.25) is 4.99 Å². The van der Waals surface area contributed by atoms with Crippen molar-refractivity contribution in [1.82, 2.24) is 0 Å². The Morgan fingerprint density at radius 3 is 2.45 bits per heavy atom. The summed E-state index contributed by atoms with van der Waals surface area (Å²) >= 11 is 0. The average Bonchev–Trinajstić information content (AvgIpc) is 2.61. The number of hydrogen-bond acceptors (Lipinski definition) is 1. The predicted octanol–water partition coefficient (Wildman–Crippen LogP) is 6.03. The van der Waals surface area contributed by atoms with Crippen LogP contribution >= 0.6 is 0 Å². The maximum atomic E-state index is 4.61. The van der Waals surface area contributed by atoms with Crippen LogP contribution in [0.5, 0.6) is 0 Å². The highest BCUT2D eigenvalue weighted by molar-refractivity contribution is 5.70. The van der Waals surface area contributed by atoms with Crippen molar-refractivity contribution in [2.45, 2.75) is 67.2 Å². The van der Waals surface area contributed by atoms with Gasteiger partial charge in [0.25, 0.3) is 0 Å². The predicted molar refractivity (Wildman–Crippen MR) is 91.1 cm³/mol. The van der Waals surface area contributed by atoms with Crippen molar-refractivity contribution in [1.29, 1.82) is 0 Å². The summed E-state index contributed by atoms with van der Waals surface area (Å²) in [6.07, 6.45) is 14.0. The molecule has 0 radical (unpaired) electrons. The van der Waals surface area contributed by atoms with E-state index in [1.807, 2.05) is 6.20 Å². The van der Waals surface area contributed by atoms with Crippen LogP contribution in [0.2, 0.25) is 0 Å². The monoisotopic (exact) mass is 275 g/mol. The number of aliphatic imine (C=N–C) groups is 1. The third-order valence-electron chi connectivity index (χ3n) is 4.78. The molecular formula is C19H33N. The van der Waals surface area contributed by atoms with Gasteiger partial charge in [-0.1, -0.05) is 66.5 Å². The van der Waals surface area contributed by atoms with E-state index < -0.39 is 0 Å². The summed E-state index contributed by atoms with van der Waals surface area (Å²) in [7, 11) is 0. The highest BCUT2D eigenvalue weighted by Crippen LogP contribution is 2.38. The zero-order chi connectivity index (χ0) is 15.2. The topological polar surface area (TPSA) is 12.4 Å². The van der Waals surface area contributed by atoms with Crippen LogP contribution in [0, 0.1) is 23.2 Å². The SMILES string of the molecule is CCCC(CC(C)CC)C1(C)C=CC(C(C)C)=CN=C1. The van der Waals surface area contributed by atoms with Gasteiger partial charge in [-0.25, -0.2) is 0 Å². The molecule has 0 aliphatic carbocycles. The molecule has 1 rings (SSSR count). The number of nitrogens with zero attached hydrogens (tertiary/aromatic N) is 1. The molecule has 0 aromatic heterocycles. The van der Waals surface area contributed by atoms with Gasteiger partial charge in [0, 0.05) is 17.8 Å². The highest BCUT2D eigenvalue weighted by Gasteiger charge is 2.31. The quantitative estimate of drug-likeness (QED) is 0.538. The molecule has 0 bridgehead atoms. The summed E-state index contributed by atoms with van der Waals surface area (Å²) in [5.41, 5.74) is 1.44. The van der Waals surface area contributed by atoms with Gasteiger partial charge in [-0.2, -0.15) is 0 Å². The lowest BCUT2D eigenvalue weighted by Gasteiger charge is -2.33. The van der Waals surface area contributed by atoms with Crippen molar-refractivity contribution in [3.05, 3.63) is 23.9 Å². The molecule has 1 nitrogen and oxygen atoms in total. The van der Waals surface area contributed by atoms with Crippen LogP contribution in [-0.4, -0.2) is 6.21 Å². The Morgan fingerprint density at radius 2 is 1.90 bits per heavy atom. The second kappa shape index (κ2) is 7.81. The summed E-state index contributed by atoms with van der Waals surface area (Å²) in [6, 6.07) is 0. The van der Waals surface area contributed by atoms with E-state index in [2.05, 4.69) is 64.9 Å². The van der Waals surface area contributed by atoms with Crippen molar-refractivity contribution in [3.8, 4) is 0 Å². The van der Waals surface area contributed by atoms with Crippen LogP contribution < -0.4 is 0 Å². The maximum absolute atomic E-state index is 4.61. The Hall–Kier alpha value is -0.850. The van der Waals surface area contributed by atoms with Gasteiger partial charge in [0.15, 0.2) is 0 Å². The Bertz CT molecular complexity index is 375. The van der Waals surface area contributed by atoms with Crippen molar-refractivity contribution >= 4 is 6.21 Å². The average molecular weight is 275 g/mol. The summed E-state index contributed by atoms with van der Waals surface area (Å²) in [6.45, 7) is 13.8. The van der Waals surface area contributed by atoms with Gasteiger partial charge in [0.05, 0.1) is 0 Å². The summed E-state index contributed by atoms with van der Waals surface area (Å²) in [4.78, 5) is 4.61. The van der Waals surface area contributed by atoms with Crippen molar-refractivity contribution in [3.63, 3.8) is 0 Å². The summed E-state index contributed by atoms with van der Waals surface area (Å²) in [5, 5.41) is 0. The minimum atomic E-state index is 0.104. The first-order chi connectivity index (χ1) is 9.42. The van der Waals surface area contributed by atoms with E-state index in [1.165, 1.54) is 31.3 Å². The lowest BCUT2D eigenvalue weighted by molar-refractivity contribution is 0.265. The van der Waals surface area contributed by atoms with Gasteiger partial charge in [-0.15, -0.1) is 0 Å². The summed E-state index contributed by atoms with van der Waals surface area (Å²) in [5.74, 6) is 2.04. The second-order valence-corrected chi connectivity index (χ2v) is 7.00. The number of rotatable bonds is 7. The molecule has 1 heteroatoms. The molecule has 0 aromatic rings. The largest absolute Gasteiger partial charge is 0.268 e. The molecule has 0 aromatic carbocycles. The van der Waals surface area contributed by atoms with Gasteiger partial charge < -0.3 is 0 Å². The minimum absolute atomic E-state index is 0.104. The van der Waals surface area contributed by atoms with E-state index in [4.69, 9.17) is 0 Å². The molecule has 0 fully saturated rings. The van der Waals surface area contributed by atoms with Gasteiger partial charge in [0.1, 0.15) is 0 Å².